The van der Waals surface area contributed by atoms with Crippen LogP contribution in [-0.2, 0) is 14.2 Å². The van der Waals surface area contributed by atoms with Gasteiger partial charge >= 0.3 is 0 Å². The Kier molecular flexibility index (Phi) is 4.19. The van der Waals surface area contributed by atoms with Crippen LogP contribution < -0.4 is 0 Å². The first-order valence-corrected chi connectivity index (χ1v) is 3.76. The second kappa shape index (κ2) is 5.29. The van der Waals surface area contributed by atoms with Gasteiger partial charge in [-0.05, 0) is 12.0 Å². The molecular formula is C8H14O3. The van der Waals surface area contributed by atoms with Crippen LogP contribution in [0.4, 0.5) is 0 Å². The van der Waals surface area contributed by atoms with E-state index in [0.717, 1.165) is 13.0 Å². The van der Waals surface area contributed by atoms with E-state index in [9.17, 15) is 0 Å². The smallest absolute Gasteiger partial charge is 0.146 e. The van der Waals surface area contributed by atoms with Crippen molar-refractivity contribution >= 4 is 0 Å². The molecule has 0 aliphatic carbocycles. The number of ether oxygens (including phenoxy) is 3. The average molecular weight is 158 g/mol. The maximum Gasteiger partial charge on any atom is 0.146 e. The molecular weight excluding hydrogens is 144 g/mol. The number of rotatable bonds is 4. The van der Waals surface area contributed by atoms with E-state index in [4.69, 9.17) is 14.2 Å². The summed E-state index contributed by atoms with van der Waals surface area (Å²) in [4.78, 5) is 0. The number of hydrogen-bond donors (Lipinski definition) is 0. The fourth-order valence-electron chi connectivity index (χ4n) is 0.965. The summed E-state index contributed by atoms with van der Waals surface area (Å²) in [6.07, 6.45) is 3.17. The molecule has 0 amide bonds. The van der Waals surface area contributed by atoms with Crippen molar-refractivity contribution in [2.75, 3.05) is 33.7 Å². The van der Waals surface area contributed by atoms with Crippen LogP contribution in [0.2, 0.25) is 0 Å². The van der Waals surface area contributed by atoms with Crippen LogP contribution in [0.15, 0.2) is 11.6 Å². The second-order valence-corrected chi connectivity index (χ2v) is 2.46. The van der Waals surface area contributed by atoms with E-state index in [1.807, 2.05) is 0 Å². The van der Waals surface area contributed by atoms with Crippen LogP contribution in [0.25, 0.3) is 0 Å². The summed E-state index contributed by atoms with van der Waals surface area (Å²) in [5.74, 6) is 0. The Morgan fingerprint density at radius 1 is 1.64 bits per heavy atom. The van der Waals surface area contributed by atoms with E-state index >= 15 is 0 Å². The minimum Gasteiger partial charge on any atom is -0.377 e. The molecule has 0 saturated heterocycles. The van der Waals surface area contributed by atoms with Crippen molar-refractivity contribution in [3.63, 3.8) is 0 Å². The average Bonchev–Trinajstić information content (AvgIpc) is 2.07. The van der Waals surface area contributed by atoms with Crippen LogP contribution in [-0.4, -0.2) is 33.7 Å². The molecule has 0 fully saturated rings. The molecule has 1 aliphatic heterocycles. The van der Waals surface area contributed by atoms with Crippen LogP contribution >= 0.6 is 0 Å². The molecule has 1 rings (SSSR count). The molecule has 0 spiro atoms. The second-order valence-electron chi connectivity index (χ2n) is 2.46. The first kappa shape index (κ1) is 8.71. The molecule has 0 N–H and O–H groups in total. The summed E-state index contributed by atoms with van der Waals surface area (Å²) in [7, 11) is 1.62. The molecule has 3 nitrogen and oxygen atoms in total. The quantitative estimate of drug-likeness (QED) is 0.346. The largest absolute Gasteiger partial charge is 0.377 e. The highest BCUT2D eigenvalue weighted by Gasteiger charge is 2.02. The molecule has 0 saturated carbocycles. The zero-order chi connectivity index (χ0) is 7.94. The van der Waals surface area contributed by atoms with E-state index in [-0.39, 0.29) is 0 Å². The van der Waals surface area contributed by atoms with Gasteiger partial charge in [0.05, 0.1) is 19.8 Å². The molecule has 0 radical (unpaired) electrons. The predicted octanol–water partition coefficient (Wildman–Crippen LogP) is 0.954. The fraction of sp³-hybridized carbons (Fsp3) is 0.750. The van der Waals surface area contributed by atoms with Crippen molar-refractivity contribution < 1.29 is 14.2 Å². The summed E-state index contributed by atoms with van der Waals surface area (Å²) in [6.45, 7) is 2.54. The molecule has 0 aromatic carbocycles. The summed E-state index contributed by atoms with van der Waals surface area (Å²) in [5.41, 5.74) is 1.22. The zero-order valence-corrected chi connectivity index (χ0v) is 6.84. The molecule has 1 heterocycles. The molecule has 0 unspecified atom stereocenters. The molecule has 0 bridgehead atoms. The van der Waals surface area contributed by atoms with Crippen molar-refractivity contribution in [3.05, 3.63) is 11.6 Å². The van der Waals surface area contributed by atoms with Gasteiger partial charge in [0.2, 0.25) is 0 Å². The minimum absolute atomic E-state index is 0.358. The van der Waals surface area contributed by atoms with Gasteiger partial charge in [-0.1, -0.05) is 6.08 Å². The van der Waals surface area contributed by atoms with E-state index in [1.165, 1.54) is 5.57 Å². The van der Waals surface area contributed by atoms with Gasteiger partial charge in [0.1, 0.15) is 6.79 Å². The Balaban J connectivity index is 2.09. The Morgan fingerprint density at radius 3 is 3.18 bits per heavy atom. The van der Waals surface area contributed by atoms with Crippen molar-refractivity contribution in [1.29, 1.82) is 0 Å². The van der Waals surface area contributed by atoms with Gasteiger partial charge < -0.3 is 14.2 Å². The monoisotopic (exact) mass is 158 g/mol. The van der Waals surface area contributed by atoms with Gasteiger partial charge in [-0.15, -0.1) is 0 Å². The van der Waals surface area contributed by atoms with E-state index in [2.05, 4.69) is 6.08 Å². The first-order chi connectivity index (χ1) is 5.43. The Bertz CT molecular complexity index is 131. The Hall–Kier alpha value is -0.380. The minimum atomic E-state index is 0.358. The van der Waals surface area contributed by atoms with Crippen molar-refractivity contribution in [2.45, 2.75) is 6.42 Å². The van der Waals surface area contributed by atoms with E-state index in [0.29, 0.717) is 20.0 Å². The zero-order valence-electron chi connectivity index (χ0n) is 6.84. The van der Waals surface area contributed by atoms with Gasteiger partial charge in [0.25, 0.3) is 0 Å². The van der Waals surface area contributed by atoms with Crippen LogP contribution in [0.3, 0.4) is 0 Å². The molecule has 0 atom stereocenters. The van der Waals surface area contributed by atoms with Gasteiger partial charge in [0.15, 0.2) is 0 Å². The van der Waals surface area contributed by atoms with Crippen LogP contribution in [0.1, 0.15) is 6.42 Å². The van der Waals surface area contributed by atoms with Gasteiger partial charge in [0, 0.05) is 7.11 Å². The van der Waals surface area contributed by atoms with Crippen molar-refractivity contribution in [2.24, 2.45) is 0 Å². The lowest BCUT2D eigenvalue weighted by Gasteiger charge is -2.13. The third-order valence-corrected chi connectivity index (χ3v) is 1.47. The summed E-state index contributed by atoms with van der Waals surface area (Å²) >= 11 is 0. The predicted molar refractivity (Wildman–Crippen MR) is 41.3 cm³/mol. The number of hydrogen-bond acceptors (Lipinski definition) is 3. The molecule has 0 aromatic rings. The van der Waals surface area contributed by atoms with E-state index < -0.39 is 0 Å². The summed E-state index contributed by atoms with van der Waals surface area (Å²) in [5, 5.41) is 0. The highest BCUT2D eigenvalue weighted by atomic mass is 16.7. The Labute approximate surface area is 66.9 Å². The molecule has 1 aliphatic rings. The lowest BCUT2D eigenvalue weighted by molar-refractivity contribution is -0.0250. The van der Waals surface area contributed by atoms with Gasteiger partial charge in [-0.25, -0.2) is 0 Å². The topological polar surface area (TPSA) is 27.7 Å². The normalized spacial score (nSPS) is 18.1. The lowest BCUT2D eigenvalue weighted by atomic mass is 10.2. The summed E-state index contributed by atoms with van der Waals surface area (Å²) in [6, 6.07) is 0. The summed E-state index contributed by atoms with van der Waals surface area (Å²) < 4.78 is 15.1. The third kappa shape index (κ3) is 3.51. The standard InChI is InChI=1S/C8H14O3/c1-9-7-11-6-8-3-2-4-10-5-8/h3H,2,4-7H2,1H3. The number of methoxy groups -OCH3 is 1. The first-order valence-electron chi connectivity index (χ1n) is 3.76. The maximum absolute atomic E-state index is 5.22. The molecule has 0 aromatic heterocycles. The SMILES string of the molecule is COCOCC1=CCCOC1. The highest BCUT2D eigenvalue weighted by molar-refractivity contribution is 5.04. The van der Waals surface area contributed by atoms with Crippen molar-refractivity contribution in [3.8, 4) is 0 Å². The van der Waals surface area contributed by atoms with Gasteiger partial charge in [-0.3, -0.25) is 0 Å². The van der Waals surface area contributed by atoms with Crippen LogP contribution in [0.5, 0.6) is 0 Å². The highest BCUT2D eigenvalue weighted by Crippen LogP contribution is 2.05. The van der Waals surface area contributed by atoms with E-state index in [1.54, 1.807) is 7.11 Å². The Morgan fingerprint density at radius 2 is 2.55 bits per heavy atom. The molecule has 64 valence electrons. The van der Waals surface area contributed by atoms with Crippen molar-refractivity contribution in [1.82, 2.24) is 0 Å². The third-order valence-electron chi connectivity index (χ3n) is 1.47. The van der Waals surface area contributed by atoms with Gasteiger partial charge in [-0.2, -0.15) is 0 Å². The van der Waals surface area contributed by atoms with Crippen LogP contribution in [0, 0.1) is 0 Å². The fourth-order valence-corrected chi connectivity index (χ4v) is 0.965. The molecule has 3 heteroatoms. The maximum atomic E-state index is 5.22. The lowest BCUT2D eigenvalue weighted by Crippen LogP contribution is -2.11. The molecule has 11 heavy (non-hydrogen) atoms.